The molecule has 6 heteroatoms. The van der Waals surface area contributed by atoms with Crippen LogP contribution in [-0.4, -0.2) is 19.1 Å². The average Bonchev–Trinajstić information content (AvgIpc) is 2.37. The smallest absolute Gasteiger partial charge is 0.387 e. The van der Waals surface area contributed by atoms with Crippen molar-refractivity contribution in [2.24, 2.45) is 11.7 Å². The van der Waals surface area contributed by atoms with Crippen molar-refractivity contribution in [1.29, 1.82) is 0 Å². The summed E-state index contributed by atoms with van der Waals surface area (Å²) in [5.74, 6) is -0.669. The van der Waals surface area contributed by atoms with E-state index in [1.807, 2.05) is 6.92 Å². The number of alkyl halides is 2. The van der Waals surface area contributed by atoms with Crippen molar-refractivity contribution in [2.75, 3.05) is 11.9 Å². The third-order valence-electron chi connectivity index (χ3n) is 2.65. The van der Waals surface area contributed by atoms with Crippen LogP contribution in [0, 0.1) is 5.92 Å². The molecule has 0 radical (unpaired) electrons. The first kappa shape index (κ1) is 15.4. The number of nitrogens with two attached hydrogens (primary N) is 1. The highest BCUT2D eigenvalue weighted by Gasteiger charge is 2.18. The van der Waals surface area contributed by atoms with E-state index in [0.717, 1.165) is 6.42 Å². The molecule has 0 heterocycles. The molecule has 0 fully saturated rings. The van der Waals surface area contributed by atoms with Crippen LogP contribution in [0.3, 0.4) is 0 Å². The number of para-hydroxylation sites is 2. The van der Waals surface area contributed by atoms with Gasteiger partial charge >= 0.3 is 6.61 Å². The van der Waals surface area contributed by atoms with Crippen molar-refractivity contribution < 1.29 is 18.3 Å². The molecule has 1 aromatic carbocycles. The van der Waals surface area contributed by atoms with Gasteiger partial charge in [0.15, 0.2) is 0 Å². The minimum atomic E-state index is -2.93. The second kappa shape index (κ2) is 7.68. The predicted octanol–water partition coefficient (Wildman–Crippen LogP) is 2.60. The molecule has 1 unspecified atom stereocenters. The molecule has 1 amide bonds. The molecule has 19 heavy (non-hydrogen) atoms. The van der Waals surface area contributed by atoms with Gasteiger partial charge in [-0.3, -0.25) is 4.79 Å². The van der Waals surface area contributed by atoms with Crippen molar-refractivity contribution in [1.82, 2.24) is 0 Å². The SMILES string of the molecule is CCCC(CN)C(=O)Nc1ccccc1OC(F)F. The molecule has 0 spiro atoms. The lowest BCUT2D eigenvalue weighted by atomic mass is 10.0. The standard InChI is InChI=1S/C13H18F2N2O2/c1-2-5-9(8-16)12(18)17-10-6-3-4-7-11(10)19-13(14)15/h3-4,6-7,9,13H,2,5,8,16H2,1H3,(H,17,18). The van der Waals surface area contributed by atoms with E-state index in [1.54, 1.807) is 12.1 Å². The maximum atomic E-state index is 12.2. The van der Waals surface area contributed by atoms with Crippen LogP contribution in [0.1, 0.15) is 19.8 Å². The van der Waals surface area contributed by atoms with Gasteiger partial charge in [0.2, 0.25) is 5.91 Å². The highest BCUT2D eigenvalue weighted by Crippen LogP contribution is 2.26. The van der Waals surface area contributed by atoms with Crippen LogP contribution < -0.4 is 15.8 Å². The van der Waals surface area contributed by atoms with Gasteiger partial charge in [-0.2, -0.15) is 8.78 Å². The fraction of sp³-hybridized carbons (Fsp3) is 0.462. The fourth-order valence-electron chi connectivity index (χ4n) is 1.71. The van der Waals surface area contributed by atoms with Gasteiger partial charge in [0.25, 0.3) is 0 Å². The van der Waals surface area contributed by atoms with Gasteiger partial charge < -0.3 is 15.8 Å². The van der Waals surface area contributed by atoms with Gasteiger partial charge in [-0.05, 0) is 18.6 Å². The van der Waals surface area contributed by atoms with Crippen LogP contribution in [0.2, 0.25) is 0 Å². The van der Waals surface area contributed by atoms with Crippen LogP contribution in [-0.2, 0) is 4.79 Å². The number of hydrogen-bond acceptors (Lipinski definition) is 3. The Bertz CT molecular complexity index is 413. The summed E-state index contributed by atoms with van der Waals surface area (Å²) < 4.78 is 28.8. The lowest BCUT2D eigenvalue weighted by Crippen LogP contribution is -2.29. The quantitative estimate of drug-likeness (QED) is 0.802. The zero-order valence-electron chi connectivity index (χ0n) is 10.7. The van der Waals surface area contributed by atoms with E-state index in [2.05, 4.69) is 10.1 Å². The van der Waals surface area contributed by atoms with Crippen molar-refractivity contribution in [3.8, 4) is 5.75 Å². The lowest BCUT2D eigenvalue weighted by molar-refractivity contribution is -0.119. The molecule has 0 aromatic heterocycles. The van der Waals surface area contributed by atoms with Crippen molar-refractivity contribution >= 4 is 11.6 Å². The number of carbonyl (C=O) groups is 1. The number of ether oxygens (including phenoxy) is 1. The van der Waals surface area contributed by atoms with Crippen molar-refractivity contribution in [2.45, 2.75) is 26.4 Å². The van der Waals surface area contributed by atoms with E-state index in [9.17, 15) is 13.6 Å². The Kier molecular flexibility index (Phi) is 6.21. The van der Waals surface area contributed by atoms with E-state index >= 15 is 0 Å². The highest BCUT2D eigenvalue weighted by molar-refractivity contribution is 5.94. The molecule has 0 saturated carbocycles. The second-order valence-electron chi connectivity index (χ2n) is 4.09. The fourth-order valence-corrected chi connectivity index (χ4v) is 1.71. The summed E-state index contributed by atoms with van der Waals surface area (Å²) in [6, 6.07) is 6.07. The summed E-state index contributed by atoms with van der Waals surface area (Å²) in [7, 11) is 0. The van der Waals surface area contributed by atoms with Crippen molar-refractivity contribution in [3.05, 3.63) is 24.3 Å². The topological polar surface area (TPSA) is 64.4 Å². The van der Waals surface area contributed by atoms with Gasteiger partial charge in [0.1, 0.15) is 5.75 Å². The molecular weight excluding hydrogens is 254 g/mol. The van der Waals surface area contributed by atoms with Crippen molar-refractivity contribution in [3.63, 3.8) is 0 Å². The number of amides is 1. The number of nitrogens with one attached hydrogen (secondary N) is 1. The Balaban J connectivity index is 2.78. The highest BCUT2D eigenvalue weighted by atomic mass is 19.3. The molecule has 106 valence electrons. The first-order chi connectivity index (χ1) is 9.08. The Labute approximate surface area is 110 Å². The van der Waals surface area contributed by atoms with Gasteiger partial charge in [-0.1, -0.05) is 25.5 Å². The zero-order valence-corrected chi connectivity index (χ0v) is 10.7. The average molecular weight is 272 g/mol. The third kappa shape index (κ3) is 4.82. The minimum absolute atomic E-state index is 0.0573. The molecule has 1 rings (SSSR count). The monoisotopic (exact) mass is 272 g/mol. The maximum Gasteiger partial charge on any atom is 0.387 e. The van der Waals surface area contributed by atoms with E-state index in [0.29, 0.717) is 6.42 Å². The number of rotatable bonds is 7. The number of carbonyl (C=O) groups excluding carboxylic acids is 1. The molecule has 0 aliphatic rings. The Morgan fingerprint density at radius 3 is 2.68 bits per heavy atom. The molecule has 1 aromatic rings. The normalized spacial score (nSPS) is 12.3. The summed E-state index contributed by atoms with van der Waals surface area (Å²) in [6.07, 6.45) is 1.48. The van der Waals surface area contributed by atoms with E-state index in [-0.39, 0.29) is 29.8 Å². The Morgan fingerprint density at radius 2 is 2.11 bits per heavy atom. The number of benzene rings is 1. The Hall–Kier alpha value is -1.69. The molecule has 4 nitrogen and oxygen atoms in total. The first-order valence-electron chi connectivity index (χ1n) is 6.13. The van der Waals surface area contributed by atoms with Gasteiger partial charge in [-0.25, -0.2) is 0 Å². The van der Waals surface area contributed by atoms with Crippen LogP contribution in [0.5, 0.6) is 5.75 Å². The maximum absolute atomic E-state index is 12.2. The van der Waals surface area contributed by atoms with E-state index in [1.165, 1.54) is 12.1 Å². The van der Waals surface area contributed by atoms with Crippen LogP contribution >= 0.6 is 0 Å². The third-order valence-corrected chi connectivity index (χ3v) is 2.65. The number of anilines is 1. The summed E-state index contributed by atoms with van der Waals surface area (Å²) in [5, 5.41) is 2.57. The van der Waals surface area contributed by atoms with E-state index < -0.39 is 6.61 Å². The van der Waals surface area contributed by atoms with Crippen LogP contribution in [0.25, 0.3) is 0 Å². The molecular formula is C13H18F2N2O2. The van der Waals surface area contributed by atoms with Gasteiger partial charge in [0.05, 0.1) is 11.6 Å². The molecule has 0 aliphatic carbocycles. The molecule has 1 atom stereocenters. The summed E-state index contributed by atoms with van der Waals surface area (Å²) in [4.78, 5) is 11.9. The molecule has 0 aliphatic heterocycles. The zero-order chi connectivity index (χ0) is 14.3. The van der Waals surface area contributed by atoms with Gasteiger partial charge in [-0.15, -0.1) is 0 Å². The Morgan fingerprint density at radius 1 is 1.42 bits per heavy atom. The predicted molar refractivity (Wildman–Crippen MR) is 69.2 cm³/mol. The first-order valence-corrected chi connectivity index (χ1v) is 6.13. The van der Waals surface area contributed by atoms with E-state index in [4.69, 9.17) is 5.73 Å². The van der Waals surface area contributed by atoms with Crippen LogP contribution in [0.4, 0.5) is 14.5 Å². The molecule has 3 N–H and O–H groups in total. The lowest BCUT2D eigenvalue weighted by Gasteiger charge is -2.16. The summed E-state index contributed by atoms with van der Waals surface area (Å²) in [6.45, 7) is -0.763. The summed E-state index contributed by atoms with van der Waals surface area (Å²) >= 11 is 0. The second-order valence-corrected chi connectivity index (χ2v) is 4.09. The molecule has 0 saturated heterocycles. The summed E-state index contributed by atoms with van der Waals surface area (Å²) in [5.41, 5.74) is 5.74. The van der Waals surface area contributed by atoms with Gasteiger partial charge in [0, 0.05) is 6.54 Å². The van der Waals surface area contributed by atoms with Crippen LogP contribution in [0.15, 0.2) is 24.3 Å². The minimum Gasteiger partial charge on any atom is -0.433 e. The largest absolute Gasteiger partial charge is 0.433 e. The number of hydrogen-bond donors (Lipinski definition) is 2. The molecule has 0 bridgehead atoms. The number of halogens is 2.